The van der Waals surface area contributed by atoms with Crippen LogP contribution in [0.5, 0.6) is 23.0 Å². The molecule has 24 heavy (non-hydrogen) atoms. The zero-order valence-electron chi connectivity index (χ0n) is 13.9. The van der Waals surface area contributed by atoms with E-state index in [1.807, 2.05) is 6.92 Å². The highest BCUT2D eigenvalue weighted by Crippen LogP contribution is 2.28. The van der Waals surface area contributed by atoms with E-state index in [0.717, 1.165) is 5.75 Å². The average Bonchev–Trinajstić information content (AvgIpc) is 2.58. The van der Waals surface area contributed by atoms with Gasteiger partial charge in [-0.3, -0.25) is 4.79 Å². The minimum atomic E-state index is -0.692. The summed E-state index contributed by atoms with van der Waals surface area (Å²) in [5.74, 6) is 1.31. The first-order valence-corrected chi connectivity index (χ1v) is 7.61. The molecule has 0 aliphatic carbocycles. The quantitative estimate of drug-likeness (QED) is 0.762. The van der Waals surface area contributed by atoms with Gasteiger partial charge in [-0.2, -0.15) is 0 Å². The van der Waals surface area contributed by atoms with Crippen LogP contribution in [-0.4, -0.2) is 30.8 Å². The number of carbonyl (C=O) groups is 1. The van der Waals surface area contributed by atoms with Gasteiger partial charge in [-0.25, -0.2) is 0 Å². The van der Waals surface area contributed by atoms with Gasteiger partial charge < -0.3 is 24.6 Å². The number of ether oxygens (including phenoxy) is 3. The molecule has 2 rings (SSSR count). The van der Waals surface area contributed by atoms with E-state index in [4.69, 9.17) is 14.2 Å². The van der Waals surface area contributed by atoms with Crippen LogP contribution in [0.15, 0.2) is 42.5 Å². The minimum absolute atomic E-state index is 0.00850. The molecule has 0 aliphatic rings. The standard InChI is InChI=1S/C18H21NO5/c1-4-23-14-6-8-15(9-7-14)24-12(2)18(21)19-13-5-10-16(20)17(11-13)22-3/h5-12,20H,4H2,1-3H3,(H,19,21). The van der Waals surface area contributed by atoms with Crippen LogP contribution in [0.1, 0.15) is 13.8 Å². The Bertz CT molecular complexity index is 684. The summed E-state index contributed by atoms with van der Waals surface area (Å²) in [5, 5.41) is 12.3. The van der Waals surface area contributed by atoms with Gasteiger partial charge in [-0.1, -0.05) is 0 Å². The second-order valence-corrected chi connectivity index (χ2v) is 5.04. The number of phenols is 1. The normalized spacial score (nSPS) is 11.5. The Morgan fingerprint density at radius 1 is 1.17 bits per heavy atom. The third-order valence-electron chi connectivity index (χ3n) is 3.26. The molecule has 2 aromatic carbocycles. The van der Waals surface area contributed by atoms with Crippen molar-refractivity contribution in [2.24, 2.45) is 0 Å². The summed E-state index contributed by atoms with van der Waals surface area (Å²) in [6, 6.07) is 11.6. The Morgan fingerprint density at radius 3 is 2.46 bits per heavy atom. The van der Waals surface area contributed by atoms with Gasteiger partial charge in [-0.15, -0.1) is 0 Å². The van der Waals surface area contributed by atoms with E-state index in [1.165, 1.54) is 19.2 Å². The number of hydrogen-bond acceptors (Lipinski definition) is 5. The predicted octanol–water partition coefficient (Wildman–Crippen LogP) is 3.21. The molecule has 1 atom stereocenters. The molecule has 2 aromatic rings. The number of benzene rings is 2. The molecule has 0 heterocycles. The number of amides is 1. The van der Waals surface area contributed by atoms with Crippen molar-refractivity contribution in [3.63, 3.8) is 0 Å². The van der Waals surface area contributed by atoms with Gasteiger partial charge in [0.05, 0.1) is 13.7 Å². The van der Waals surface area contributed by atoms with Crippen molar-refractivity contribution in [1.29, 1.82) is 0 Å². The first-order valence-electron chi connectivity index (χ1n) is 7.61. The molecule has 1 amide bonds. The van der Waals surface area contributed by atoms with Crippen LogP contribution in [0.2, 0.25) is 0 Å². The summed E-state index contributed by atoms with van der Waals surface area (Å²) in [6.07, 6.45) is -0.692. The molecule has 0 aliphatic heterocycles. The summed E-state index contributed by atoms with van der Waals surface area (Å²) < 4.78 is 16.0. The van der Waals surface area contributed by atoms with E-state index in [9.17, 15) is 9.90 Å². The largest absolute Gasteiger partial charge is 0.504 e. The monoisotopic (exact) mass is 331 g/mol. The third-order valence-corrected chi connectivity index (χ3v) is 3.26. The second-order valence-electron chi connectivity index (χ2n) is 5.04. The van der Waals surface area contributed by atoms with E-state index in [1.54, 1.807) is 37.3 Å². The molecule has 0 saturated carbocycles. The molecule has 6 heteroatoms. The van der Waals surface area contributed by atoms with Crippen LogP contribution in [0, 0.1) is 0 Å². The molecule has 2 N–H and O–H groups in total. The van der Waals surface area contributed by atoms with Crippen molar-refractivity contribution < 1.29 is 24.1 Å². The summed E-state index contributed by atoms with van der Waals surface area (Å²) in [5.41, 5.74) is 0.511. The molecule has 0 bridgehead atoms. The van der Waals surface area contributed by atoms with Gasteiger partial charge in [0, 0.05) is 11.8 Å². The highest BCUT2D eigenvalue weighted by Gasteiger charge is 2.15. The summed E-state index contributed by atoms with van der Waals surface area (Å²) in [6.45, 7) is 4.16. The third kappa shape index (κ3) is 4.55. The fourth-order valence-electron chi connectivity index (χ4n) is 2.04. The summed E-state index contributed by atoms with van der Waals surface area (Å²) >= 11 is 0. The number of rotatable bonds is 7. The van der Waals surface area contributed by atoms with Gasteiger partial charge >= 0.3 is 0 Å². The maximum absolute atomic E-state index is 12.2. The highest BCUT2D eigenvalue weighted by atomic mass is 16.5. The minimum Gasteiger partial charge on any atom is -0.504 e. The topological polar surface area (TPSA) is 77.0 Å². The number of methoxy groups -OCH3 is 1. The van der Waals surface area contributed by atoms with E-state index in [2.05, 4.69) is 5.32 Å². The van der Waals surface area contributed by atoms with Crippen molar-refractivity contribution in [3.8, 4) is 23.0 Å². The van der Waals surface area contributed by atoms with E-state index in [0.29, 0.717) is 18.0 Å². The lowest BCUT2D eigenvalue weighted by atomic mass is 10.2. The Labute approximate surface area is 141 Å². The molecule has 0 spiro atoms. The van der Waals surface area contributed by atoms with Gasteiger partial charge in [0.1, 0.15) is 11.5 Å². The van der Waals surface area contributed by atoms with Crippen LogP contribution in [0.4, 0.5) is 5.69 Å². The number of hydrogen-bond donors (Lipinski definition) is 2. The van der Waals surface area contributed by atoms with Crippen LogP contribution < -0.4 is 19.5 Å². The van der Waals surface area contributed by atoms with Crippen molar-refractivity contribution >= 4 is 11.6 Å². The van der Waals surface area contributed by atoms with E-state index < -0.39 is 6.10 Å². The first kappa shape index (κ1) is 17.5. The van der Waals surface area contributed by atoms with E-state index in [-0.39, 0.29) is 17.4 Å². The lowest BCUT2D eigenvalue weighted by Gasteiger charge is -2.15. The zero-order chi connectivity index (χ0) is 17.5. The van der Waals surface area contributed by atoms with Gasteiger partial charge in [0.2, 0.25) is 0 Å². The molecule has 0 radical (unpaired) electrons. The fourth-order valence-corrected chi connectivity index (χ4v) is 2.04. The van der Waals surface area contributed by atoms with Gasteiger partial charge in [-0.05, 0) is 50.2 Å². The molecule has 0 aromatic heterocycles. The number of nitrogens with one attached hydrogen (secondary N) is 1. The number of aromatic hydroxyl groups is 1. The Kier molecular flexibility index (Phi) is 5.89. The number of anilines is 1. The smallest absolute Gasteiger partial charge is 0.265 e. The molecular formula is C18H21NO5. The lowest BCUT2D eigenvalue weighted by molar-refractivity contribution is -0.122. The summed E-state index contributed by atoms with van der Waals surface area (Å²) in [4.78, 5) is 12.2. The highest BCUT2D eigenvalue weighted by molar-refractivity contribution is 5.94. The van der Waals surface area contributed by atoms with Crippen molar-refractivity contribution in [2.45, 2.75) is 20.0 Å². The van der Waals surface area contributed by atoms with Crippen LogP contribution in [-0.2, 0) is 4.79 Å². The molecule has 6 nitrogen and oxygen atoms in total. The average molecular weight is 331 g/mol. The molecule has 0 fully saturated rings. The maximum atomic E-state index is 12.2. The Balaban J connectivity index is 1.96. The van der Waals surface area contributed by atoms with Gasteiger partial charge in [0.25, 0.3) is 5.91 Å². The predicted molar refractivity (Wildman–Crippen MR) is 91.0 cm³/mol. The number of phenolic OH excluding ortho intramolecular Hbond substituents is 1. The van der Waals surface area contributed by atoms with Crippen molar-refractivity contribution in [3.05, 3.63) is 42.5 Å². The summed E-state index contributed by atoms with van der Waals surface area (Å²) in [7, 11) is 1.44. The Hall–Kier alpha value is -2.89. The fraction of sp³-hybridized carbons (Fsp3) is 0.278. The number of carbonyl (C=O) groups excluding carboxylic acids is 1. The Morgan fingerprint density at radius 2 is 1.83 bits per heavy atom. The SMILES string of the molecule is CCOc1ccc(OC(C)C(=O)Nc2ccc(O)c(OC)c2)cc1. The van der Waals surface area contributed by atoms with E-state index >= 15 is 0 Å². The van der Waals surface area contributed by atoms with Crippen molar-refractivity contribution in [2.75, 3.05) is 19.0 Å². The van der Waals surface area contributed by atoms with Crippen LogP contribution in [0.25, 0.3) is 0 Å². The van der Waals surface area contributed by atoms with Crippen molar-refractivity contribution in [1.82, 2.24) is 0 Å². The molecule has 1 unspecified atom stereocenters. The second kappa shape index (κ2) is 8.10. The molecule has 128 valence electrons. The van der Waals surface area contributed by atoms with Gasteiger partial charge in [0.15, 0.2) is 17.6 Å². The van der Waals surface area contributed by atoms with Crippen LogP contribution >= 0.6 is 0 Å². The maximum Gasteiger partial charge on any atom is 0.265 e. The molecular weight excluding hydrogens is 310 g/mol. The lowest BCUT2D eigenvalue weighted by Crippen LogP contribution is -2.30. The van der Waals surface area contributed by atoms with Crippen LogP contribution in [0.3, 0.4) is 0 Å². The molecule has 0 saturated heterocycles. The first-order chi connectivity index (χ1) is 11.5. The zero-order valence-corrected chi connectivity index (χ0v) is 13.9.